The lowest BCUT2D eigenvalue weighted by atomic mass is 9.74. The predicted molar refractivity (Wildman–Crippen MR) is 51.0 cm³/mol. The largest absolute Gasteiger partial charge is 0.392 e. The summed E-state index contributed by atoms with van der Waals surface area (Å²) in [5, 5.41) is 12.4. The normalized spacial score (nSPS) is 31.8. The molecule has 0 aliphatic heterocycles. The van der Waals surface area contributed by atoms with Crippen LogP contribution in [0.15, 0.2) is 0 Å². The number of aliphatic hydroxyl groups excluding tert-OH is 1. The maximum absolute atomic E-state index is 9.03. The monoisotopic (exact) mass is 171 g/mol. The molecule has 0 aromatic carbocycles. The Hall–Kier alpha value is -0.0800. The topological polar surface area (TPSA) is 32.3 Å². The molecule has 0 amide bonds. The smallest absolute Gasteiger partial charge is 0.0636 e. The van der Waals surface area contributed by atoms with Crippen LogP contribution in [0.4, 0.5) is 0 Å². The van der Waals surface area contributed by atoms with Gasteiger partial charge in [0.2, 0.25) is 0 Å². The number of aliphatic hydroxyl groups is 1. The molecule has 1 rings (SSSR count). The Morgan fingerprint density at radius 2 is 1.92 bits per heavy atom. The Morgan fingerprint density at radius 3 is 2.33 bits per heavy atom. The van der Waals surface area contributed by atoms with Gasteiger partial charge in [-0.3, -0.25) is 0 Å². The molecule has 1 aliphatic carbocycles. The van der Waals surface area contributed by atoms with Crippen molar-refractivity contribution in [1.82, 2.24) is 5.32 Å². The number of rotatable bonds is 4. The van der Waals surface area contributed by atoms with Gasteiger partial charge in [-0.15, -0.1) is 0 Å². The highest BCUT2D eigenvalue weighted by Gasteiger charge is 2.30. The third kappa shape index (κ3) is 2.76. The van der Waals surface area contributed by atoms with E-state index in [4.69, 9.17) is 5.11 Å². The molecular weight excluding hydrogens is 150 g/mol. The van der Waals surface area contributed by atoms with Gasteiger partial charge in [0.25, 0.3) is 0 Å². The van der Waals surface area contributed by atoms with Gasteiger partial charge in [0.1, 0.15) is 0 Å². The Labute approximate surface area is 75.4 Å². The van der Waals surface area contributed by atoms with Crippen molar-refractivity contribution in [2.75, 3.05) is 6.54 Å². The summed E-state index contributed by atoms with van der Waals surface area (Å²) in [5.41, 5.74) is 0. The van der Waals surface area contributed by atoms with Crippen LogP contribution < -0.4 is 5.32 Å². The SMILES string of the molecule is CC(O)CNC1CC(C(C)C)C1. The molecule has 1 atom stereocenters. The summed E-state index contributed by atoms with van der Waals surface area (Å²) in [6.45, 7) is 7.15. The van der Waals surface area contributed by atoms with Crippen molar-refractivity contribution >= 4 is 0 Å². The molecule has 0 bridgehead atoms. The summed E-state index contributed by atoms with van der Waals surface area (Å²) >= 11 is 0. The zero-order valence-electron chi connectivity index (χ0n) is 8.38. The molecule has 0 aromatic rings. The van der Waals surface area contributed by atoms with Crippen LogP contribution in [0.25, 0.3) is 0 Å². The van der Waals surface area contributed by atoms with Crippen LogP contribution in [-0.4, -0.2) is 23.8 Å². The zero-order chi connectivity index (χ0) is 9.14. The molecule has 0 heterocycles. The highest BCUT2D eigenvalue weighted by Crippen LogP contribution is 2.33. The van der Waals surface area contributed by atoms with Gasteiger partial charge in [0.05, 0.1) is 6.10 Å². The molecule has 1 fully saturated rings. The second-order valence-corrected chi connectivity index (χ2v) is 4.43. The lowest BCUT2D eigenvalue weighted by Gasteiger charge is -2.38. The quantitative estimate of drug-likeness (QED) is 0.670. The summed E-state index contributed by atoms with van der Waals surface area (Å²) < 4.78 is 0. The van der Waals surface area contributed by atoms with Crippen LogP contribution in [-0.2, 0) is 0 Å². The molecule has 0 aromatic heterocycles. The summed E-state index contributed by atoms with van der Waals surface area (Å²) in [4.78, 5) is 0. The first-order valence-electron chi connectivity index (χ1n) is 5.01. The first-order chi connectivity index (χ1) is 5.59. The molecule has 1 unspecified atom stereocenters. The van der Waals surface area contributed by atoms with Gasteiger partial charge >= 0.3 is 0 Å². The van der Waals surface area contributed by atoms with Crippen molar-refractivity contribution in [3.05, 3.63) is 0 Å². The minimum atomic E-state index is -0.205. The Morgan fingerprint density at radius 1 is 1.33 bits per heavy atom. The molecule has 0 spiro atoms. The molecule has 2 heteroatoms. The maximum Gasteiger partial charge on any atom is 0.0636 e. The van der Waals surface area contributed by atoms with E-state index in [9.17, 15) is 0 Å². The van der Waals surface area contributed by atoms with Gasteiger partial charge in [-0.1, -0.05) is 13.8 Å². The molecule has 72 valence electrons. The van der Waals surface area contributed by atoms with E-state index in [0.29, 0.717) is 6.04 Å². The highest BCUT2D eigenvalue weighted by molar-refractivity contribution is 4.86. The van der Waals surface area contributed by atoms with Crippen LogP contribution in [0, 0.1) is 11.8 Å². The summed E-state index contributed by atoms with van der Waals surface area (Å²) in [6, 6.07) is 0.673. The van der Waals surface area contributed by atoms with E-state index in [0.717, 1.165) is 18.4 Å². The Bertz CT molecular complexity index is 125. The van der Waals surface area contributed by atoms with Crippen molar-refractivity contribution in [2.45, 2.75) is 45.8 Å². The summed E-state index contributed by atoms with van der Waals surface area (Å²) in [5.74, 6) is 1.74. The van der Waals surface area contributed by atoms with Crippen LogP contribution >= 0.6 is 0 Å². The van der Waals surface area contributed by atoms with Gasteiger partial charge in [0, 0.05) is 12.6 Å². The number of hydrogen-bond acceptors (Lipinski definition) is 2. The lowest BCUT2D eigenvalue weighted by molar-refractivity contribution is 0.137. The van der Waals surface area contributed by atoms with Crippen molar-refractivity contribution in [3.63, 3.8) is 0 Å². The molecule has 2 N–H and O–H groups in total. The second kappa shape index (κ2) is 4.24. The van der Waals surface area contributed by atoms with E-state index in [1.54, 1.807) is 0 Å². The predicted octanol–water partition coefficient (Wildman–Crippen LogP) is 1.39. The fourth-order valence-electron chi connectivity index (χ4n) is 1.71. The highest BCUT2D eigenvalue weighted by atomic mass is 16.3. The average molecular weight is 171 g/mol. The number of hydrogen-bond donors (Lipinski definition) is 2. The van der Waals surface area contributed by atoms with Crippen LogP contribution in [0.2, 0.25) is 0 Å². The van der Waals surface area contributed by atoms with Crippen molar-refractivity contribution < 1.29 is 5.11 Å². The van der Waals surface area contributed by atoms with E-state index in [1.165, 1.54) is 12.8 Å². The minimum absolute atomic E-state index is 0.205. The Balaban J connectivity index is 2.02. The zero-order valence-corrected chi connectivity index (χ0v) is 8.38. The van der Waals surface area contributed by atoms with Crippen molar-refractivity contribution in [2.24, 2.45) is 11.8 Å². The van der Waals surface area contributed by atoms with Crippen LogP contribution in [0.1, 0.15) is 33.6 Å². The van der Waals surface area contributed by atoms with E-state index < -0.39 is 0 Å². The van der Waals surface area contributed by atoms with E-state index in [1.807, 2.05) is 6.92 Å². The van der Waals surface area contributed by atoms with E-state index in [-0.39, 0.29) is 6.10 Å². The molecule has 0 radical (unpaired) electrons. The third-order valence-electron chi connectivity index (χ3n) is 2.82. The van der Waals surface area contributed by atoms with E-state index in [2.05, 4.69) is 19.2 Å². The van der Waals surface area contributed by atoms with Gasteiger partial charge in [-0.2, -0.15) is 0 Å². The number of nitrogens with one attached hydrogen (secondary N) is 1. The molecule has 0 saturated heterocycles. The van der Waals surface area contributed by atoms with E-state index >= 15 is 0 Å². The van der Waals surface area contributed by atoms with Gasteiger partial charge in [-0.05, 0) is 31.6 Å². The first kappa shape index (κ1) is 10.0. The average Bonchev–Trinajstić information content (AvgIpc) is 1.82. The van der Waals surface area contributed by atoms with Gasteiger partial charge in [0.15, 0.2) is 0 Å². The fourth-order valence-corrected chi connectivity index (χ4v) is 1.71. The van der Waals surface area contributed by atoms with Crippen LogP contribution in [0.3, 0.4) is 0 Å². The van der Waals surface area contributed by atoms with Gasteiger partial charge in [-0.25, -0.2) is 0 Å². The molecular formula is C10H21NO. The van der Waals surface area contributed by atoms with Crippen molar-refractivity contribution in [3.8, 4) is 0 Å². The lowest BCUT2D eigenvalue weighted by Crippen LogP contribution is -2.45. The second-order valence-electron chi connectivity index (χ2n) is 4.43. The standard InChI is InChI=1S/C10H21NO/c1-7(2)9-4-10(5-9)11-6-8(3)12/h7-12H,4-6H2,1-3H3. The molecule has 1 aliphatic rings. The maximum atomic E-state index is 9.03. The van der Waals surface area contributed by atoms with Gasteiger partial charge < -0.3 is 10.4 Å². The minimum Gasteiger partial charge on any atom is -0.392 e. The Kier molecular flexibility index (Phi) is 3.53. The van der Waals surface area contributed by atoms with Crippen molar-refractivity contribution in [1.29, 1.82) is 0 Å². The molecule has 2 nitrogen and oxygen atoms in total. The van der Waals surface area contributed by atoms with Crippen LogP contribution in [0.5, 0.6) is 0 Å². The molecule has 12 heavy (non-hydrogen) atoms. The fraction of sp³-hybridized carbons (Fsp3) is 1.00. The summed E-state index contributed by atoms with van der Waals surface area (Å²) in [7, 11) is 0. The summed E-state index contributed by atoms with van der Waals surface area (Å²) in [6.07, 6.45) is 2.39. The third-order valence-corrected chi connectivity index (χ3v) is 2.82. The molecule has 1 saturated carbocycles. The first-order valence-corrected chi connectivity index (χ1v) is 5.01.